The normalized spacial score (nSPS) is 18.0. The van der Waals surface area contributed by atoms with Gasteiger partial charge in [-0.25, -0.2) is 10.4 Å². The maximum atomic E-state index is 9.57. The van der Waals surface area contributed by atoms with E-state index in [1.165, 1.54) is 23.2 Å². The Morgan fingerprint density at radius 2 is 0.860 bits per heavy atom. The van der Waals surface area contributed by atoms with Crippen LogP contribution in [0.3, 0.4) is 0 Å². The van der Waals surface area contributed by atoms with Gasteiger partial charge in [0.25, 0.3) is 0 Å². The number of allylic oxidation sites excluding steroid dienone is 8. The number of hydrogen-bond acceptors (Lipinski definition) is 2. The number of phenolic OH excluding ortho intramolecular Hbond substituents is 2. The summed E-state index contributed by atoms with van der Waals surface area (Å²) in [6, 6.07) is 13.9. The second-order valence-corrected chi connectivity index (χ2v) is 23.2. The van der Waals surface area contributed by atoms with Crippen molar-refractivity contribution in [3.05, 3.63) is 104 Å². The molecule has 2 aliphatic carbocycles. The van der Waals surface area contributed by atoms with Crippen LogP contribution in [0, 0.1) is 48.7 Å². The van der Waals surface area contributed by atoms with Crippen LogP contribution < -0.4 is 0 Å². The molecule has 0 saturated heterocycles. The van der Waals surface area contributed by atoms with E-state index in [4.69, 9.17) is 0 Å². The molecule has 0 radical (unpaired) electrons. The molecular formula is C46H70O2SiZr. The van der Waals surface area contributed by atoms with Crippen LogP contribution in [0.15, 0.2) is 70.1 Å². The number of benzene rings is 2. The molecule has 0 saturated carbocycles. The molecule has 2 nitrogen and oxygen atoms in total. The summed E-state index contributed by atoms with van der Waals surface area (Å²) in [6.45, 7) is 40.2. The topological polar surface area (TPSA) is 40.5 Å². The number of aromatic hydroxyl groups is 2. The van der Waals surface area contributed by atoms with Gasteiger partial charge in [0.05, 0.1) is 0 Å². The molecule has 2 atom stereocenters. The second kappa shape index (κ2) is 17.3. The molecule has 2 aromatic carbocycles. The molecule has 0 bridgehead atoms. The molecule has 0 amide bonds. The van der Waals surface area contributed by atoms with E-state index in [0.29, 0.717) is 23.3 Å². The zero-order valence-electron chi connectivity index (χ0n) is 35.1. The summed E-state index contributed by atoms with van der Waals surface area (Å²) in [5.41, 5.74) is 7.94. The third-order valence-corrected chi connectivity index (χ3v) is 15.0. The molecular weight excluding hydrogens is 704 g/mol. The first-order valence-electron chi connectivity index (χ1n) is 18.5. The predicted molar refractivity (Wildman–Crippen MR) is 217 cm³/mol. The van der Waals surface area contributed by atoms with Crippen molar-refractivity contribution in [2.45, 2.75) is 148 Å². The first-order chi connectivity index (χ1) is 22.2. The van der Waals surface area contributed by atoms with Gasteiger partial charge < -0.3 is 10.2 Å². The second-order valence-electron chi connectivity index (χ2n) is 18.6. The smallest absolute Gasteiger partial charge is 0.508 e. The Morgan fingerprint density at radius 3 is 1.08 bits per heavy atom. The van der Waals surface area contributed by atoms with Crippen molar-refractivity contribution in [2.24, 2.45) is 22.7 Å². The number of hydrogen-bond donors (Lipinski definition) is 2. The summed E-state index contributed by atoms with van der Waals surface area (Å²) in [5.74, 6) is 1.67. The van der Waals surface area contributed by atoms with Crippen LogP contribution in [-0.2, 0) is 37.0 Å². The van der Waals surface area contributed by atoms with Crippen LogP contribution in [0.1, 0.15) is 133 Å². The molecule has 4 heteroatoms. The molecule has 4 rings (SSSR count). The Labute approximate surface area is 328 Å². The first kappa shape index (κ1) is 46.1. The van der Waals surface area contributed by atoms with Gasteiger partial charge in [0.1, 0.15) is 11.5 Å². The van der Waals surface area contributed by atoms with Crippen molar-refractivity contribution in [3.63, 3.8) is 0 Å². The van der Waals surface area contributed by atoms with Crippen molar-refractivity contribution in [3.8, 4) is 11.5 Å². The van der Waals surface area contributed by atoms with Gasteiger partial charge in [-0.3, -0.25) is 12.2 Å². The largest absolute Gasteiger partial charge is 2.00 e. The van der Waals surface area contributed by atoms with E-state index in [2.05, 4.69) is 135 Å². The summed E-state index contributed by atoms with van der Waals surface area (Å²) in [6.07, 6.45) is 12.8. The molecule has 2 aromatic rings. The minimum absolute atomic E-state index is 0. The van der Waals surface area contributed by atoms with Crippen LogP contribution in [-0.4, -0.2) is 18.3 Å². The summed E-state index contributed by atoms with van der Waals surface area (Å²) < 4.78 is 0. The van der Waals surface area contributed by atoms with Crippen LogP contribution in [0.2, 0.25) is 12.1 Å². The van der Waals surface area contributed by atoms with Crippen molar-refractivity contribution in [2.75, 3.05) is 0 Å². The van der Waals surface area contributed by atoms with Crippen LogP contribution in [0.25, 0.3) is 0 Å². The first-order valence-corrected chi connectivity index (χ1v) is 20.9. The van der Waals surface area contributed by atoms with Gasteiger partial charge >= 0.3 is 26.2 Å². The summed E-state index contributed by atoms with van der Waals surface area (Å²) >= 11 is 0. The van der Waals surface area contributed by atoms with Gasteiger partial charge in [0.2, 0.25) is 0 Å². The monoisotopic (exact) mass is 772 g/mol. The van der Waals surface area contributed by atoms with Crippen molar-refractivity contribution < 1.29 is 36.4 Å². The summed E-state index contributed by atoms with van der Waals surface area (Å²) in [4.78, 5) is 0. The van der Waals surface area contributed by atoms with Gasteiger partial charge in [-0.2, -0.15) is 23.3 Å². The fourth-order valence-electron chi connectivity index (χ4n) is 6.99. The standard InChI is InChI=1S/C24H38Si.2C11H16O.Zr/c1-11-25(12-2,21-15-17(3)13-19(21)23(5,6)7)22-16-18(4)14-20(22)24(8,9)10;2*1-8-5-6-10(12)9(7-8)11(2,3)4;/h13-14,17-18H,11-12H2,1-10H3;2*5-7,12H,1-4H3;/q-2;;;+2. The van der Waals surface area contributed by atoms with Crippen LogP contribution in [0.5, 0.6) is 11.5 Å². The molecule has 0 aliphatic heterocycles. The SMILES string of the molecule is CC[Si](CC)(C1=[C-]C(C)C=C1C(C)(C)C)C1=[C-]C(C)C=C1C(C)(C)C.Cc1ccc(O)c(C(C)(C)C)c1.Cc1ccc(O)c(C(C)(C)C)c1.[Zr+2]. The Hall–Kier alpha value is -1.90. The van der Waals surface area contributed by atoms with Crippen LogP contribution in [0.4, 0.5) is 0 Å². The van der Waals surface area contributed by atoms with Crippen molar-refractivity contribution >= 4 is 8.07 Å². The maximum absolute atomic E-state index is 9.57. The number of aryl methyl sites for hydroxylation is 2. The molecule has 0 spiro atoms. The quantitative estimate of drug-likeness (QED) is 0.240. The average molecular weight is 774 g/mol. The van der Waals surface area contributed by atoms with E-state index < -0.39 is 8.07 Å². The Balaban J connectivity index is 0.000000418. The fraction of sp³-hybridized carbons (Fsp3) is 0.565. The third kappa shape index (κ3) is 11.6. The Kier molecular flexibility index (Phi) is 15.9. The van der Waals surface area contributed by atoms with Gasteiger partial charge in [0.15, 0.2) is 0 Å². The van der Waals surface area contributed by atoms with E-state index in [1.807, 2.05) is 38.1 Å². The number of rotatable bonds is 4. The van der Waals surface area contributed by atoms with Gasteiger partial charge in [-0.05, 0) is 47.9 Å². The summed E-state index contributed by atoms with van der Waals surface area (Å²) in [5, 5.41) is 22.3. The Bertz CT molecular complexity index is 1460. The third-order valence-electron chi connectivity index (χ3n) is 9.82. The Morgan fingerprint density at radius 1 is 0.560 bits per heavy atom. The molecule has 2 N–H and O–H groups in total. The van der Waals surface area contributed by atoms with Crippen molar-refractivity contribution in [1.29, 1.82) is 0 Å². The minimum Gasteiger partial charge on any atom is -0.508 e. The van der Waals surface area contributed by atoms with E-state index in [9.17, 15) is 10.2 Å². The molecule has 2 unspecified atom stereocenters. The predicted octanol–water partition coefficient (Wildman–Crippen LogP) is 13.3. The molecule has 2 aliphatic rings. The maximum Gasteiger partial charge on any atom is 2.00 e. The van der Waals surface area contributed by atoms with E-state index in [1.54, 1.807) is 33.7 Å². The van der Waals surface area contributed by atoms with Gasteiger partial charge in [-0.15, -0.1) is 0 Å². The van der Waals surface area contributed by atoms with Crippen LogP contribution >= 0.6 is 0 Å². The van der Waals surface area contributed by atoms with E-state index in [-0.39, 0.29) is 47.9 Å². The van der Waals surface area contributed by atoms with E-state index >= 15 is 0 Å². The summed E-state index contributed by atoms with van der Waals surface area (Å²) in [7, 11) is -1.83. The van der Waals surface area contributed by atoms with Gasteiger partial charge in [-0.1, -0.05) is 181 Å². The zero-order valence-corrected chi connectivity index (χ0v) is 38.5. The fourth-order valence-corrected chi connectivity index (χ4v) is 12.1. The molecule has 0 fully saturated rings. The molecule has 274 valence electrons. The van der Waals surface area contributed by atoms with Gasteiger partial charge in [0, 0.05) is 8.07 Å². The molecule has 50 heavy (non-hydrogen) atoms. The van der Waals surface area contributed by atoms with Crippen molar-refractivity contribution in [1.82, 2.24) is 0 Å². The van der Waals surface area contributed by atoms with E-state index in [0.717, 1.165) is 11.1 Å². The molecule has 0 heterocycles. The minimum atomic E-state index is -1.83. The number of phenols is 2. The zero-order chi connectivity index (χ0) is 37.9. The average Bonchev–Trinajstić information content (AvgIpc) is 3.56. The molecule has 0 aromatic heterocycles.